The molecule has 82 valence electrons. The van der Waals surface area contributed by atoms with Crippen LogP contribution in [0.25, 0.3) is 5.69 Å². The van der Waals surface area contributed by atoms with Gasteiger partial charge in [0, 0.05) is 0 Å². The van der Waals surface area contributed by atoms with Crippen molar-refractivity contribution in [3.8, 4) is 17.8 Å². The molecule has 2 aromatic rings. The summed E-state index contributed by atoms with van der Waals surface area (Å²) in [6.45, 7) is 0. The van der Waals surface area contributed by atoms with Gasteiger partial charge in [-0.1, -0.05) is 6.07 Å². The molecular formula is C11H6FN5. The minimum atomic E-state index is -0.654. The second-order valence-corrected chi connectivity index (χ2v) is 3.21. The molecule has 0 amide bonds. The van der Waals surface area contributed by atoms with Gasteiger partial charge in [-0.3, -0.25) is 0 Å². The highest BCUT2D eigenvalue weighted by Gasteiger charge is 2.14. The Labute approximate surface area is 96.1 Å². The van der Waals surface area contributed by atoms with Gasteiger partial charge in [0.2, 0.25) is 0 Å². The molecule has 0 bridgehead atoms. The third-order valence-electron chi connectivity index (χ3n) is 2.26. The zero-order chi connectivity index (χ0) is 12.4. The van der Waals surface area contributed by atoms with E-state index >= 15 is 0 Å². The predicted octanol–water partition coefficient (Wildman–Crippen LogP) is 1.34. The molecule has 5 nitrogen and oxygen atoms in total. The molecule has 0 atom stereocenters. The molecule has 0 unspecified atom stereocenters. The lowest BCUT2D eigenvalue weighted by molar-refractivity contribution is 0.621. The van der Waals surface area contributed by atoms with Gasteiger partial charge in [-0.15, -0.1) is 0 Å². The Morgan fingerprint density at radius 2 is 2.06 bits per heavy atom. The molecule has 1 aromatic heterocycles. The molecular weight excluding hydrogens is 221 g/mol. The summed E-state index contributed by atoms with van der Waals surface area (Å²) in [5.74, 6) is -0.576. The topological polar surface area (TPSA) is 91.4 Å². The van der Waals surface area contributed by atoms with Gasteiger partial charge in [-0.05, 0) is 12.1 Å². The van der Waals surface area contributed by atoms with E-state index in [1.807, 2.05) is 6.07 Å². The molecule has 2 rings (SSSR count). The van der Waals surface area contributed by atoms with E-state index in [9.17, 15) is 4.39 Å². The van der Waals surface area contributed by atoms with Gasteiger partial charge in [-0.25, -0.2) is 9.07 Å². The molecule has 2 N–H and O–H groups in total. The second-order valence-electron chi connectivity index (χ2n) is 3.21. The Bertz CT molecular complexity index is 659. The highest BCUT2D eigenvalue weighted by atomic mass is 19.1. The number of halogens is 1. The Hall–Kier alpha value is -2.86. The molecule has 0 radical (unpaired) electrons. The number of hydrogen-bond acceptors (Lipinski definition) is 4. The second kappa shape index (κ2) is 3.95. The number of nitrogens with two attached hydrogens (primary N) is 1. The maximum atomic E-state index is 13.4. The van der Waals surface area contributed by atoms with Crippen LogP contribution in [0.15, 0.2) is 24.4 Å². The number of benzene rings is 1. The summed E-state index contributed by atoms with van der Waals surface area (Å²) in [4.78, 5) is 0. The van der Waals surface area contributed by atoms with Crippen molar-refractivity contribution >= 4 is 5.82 Å². The lowest BCUT2D eigenvalue weighted by Crippen LogP contribution is -2.05. The van der Waals surface area contributed by atoms with Crippen LogP contribution in [0.4, 0.5) is 10.2 Å². The molecule has 0 aliphatic rings. The average Bonchev–Trinajstić information content (AvgIpc) is 2.70. The van der Waals surface area contributed by atoms with Crippen LogP contribution in [0.2, 0.25) is 0 Å². The monoisotopic (exact) mass is 227 g/mol. The van der Waals surface area contributed by atoms with Crippen molar-refractivity contribution in [3.05, 3.63) is 41.3 Å². The summed E-state index contributed by atoms with van der Waals surface area (Å²) >= 11 is 0. The fraction of sp³-hybridized carbons (Fsp3) is 0. The van der Waals surface area contributed by atoms with Crippen molar-refractivity contribution < 1.29 is 4.39 Å². The Morgan fingerprint density at radius 1 is 1.29 bits per heavy atom. The van der Waals surface area contributed by atoms with Gasteiger partial charge in [0.15, 0.2) is 0 Å². The van der Waals surface area contributed by atoms with Crippen molar-refractivity contribution in [2.24, 2.45) is 0 Å². The normalized spacial score (nSPS) is 9.59. The fourth-order valence-electron chi connectivity index (χ4n) is 1.44. The van der Waals surface area contributed by atoms with Gasteiger partial charge < -0.3 is 5.73 Å². The minimum Gasteiger partial charge on any atom is -0.382 e. The maximum absolute atomic E-state index is 13.4. The number of anilines is 1. The molecule has 0 fully saturated rings. The van der Waals surface area contributed by atoms with E-state index in [1.54, 1.807) is 6.07 Å². The maximum Gasteiger partial charge on any atom is 0.145 e. The van der Waals surface area contributed by atoms with Crippen molar-refractivity contribution in [2.45, 2.75) is 0 Å². The number of nitriles is 2. The molecule has 6 heteroatoms. The Kier molecular flexibility index (Phi) is 2.48. The van der Waals surface area contributed by atoms with E-state index in [4.69, 9.17) is 16.3 Å². The number of hydrogen-bond donors (Lipinski definition) is 1. The van der Waals surface area contributed by atoms with Crippen LogP contribution in [0.1, 0.15) is 11.1 Å². The van der Waals surface area contributed by atoms with Gasteiger partial charge >= 0.3 is 0 Å². The van der Waals surface area contributed by atoms with E-state index < -0.39 is 5.82 Å². The largest absolute Gasteiger partial charge is 0.382 e. The average molecular weight is 227 g/mol. The lowest BCUT2D eigenvalue weighted by Gasteiger charge is -2.06. The van der Waals surface area contributed by atoms with Crippen LogP contribution < -0.4 is 5.73 Å². The zero-order valence-corrected chi connectivity index (χ0v) is 8.55. The van der Waals surface area contributed by atoms with Gasteiger partial charge in [0.1, 0.15) is 34.9 Å². The summed E-state index contributed by atoms with van der Waals surface area (Å²) in [5.41, 5.74) is 5.90. The quantitative estimate of drug-likeness (QED) is 0.795. The standard InChI is InChI=1S/C11H6FN5/c12-9-2-1-3-10(8(9)5-14)17-11(15)7(4-13)6-16-17/h1-3,6H,15H2. The SMILES string of the molecule is N#Cc1cnn(-c2cccc(F)c2C#N)c1N. The van der Waals surface area contributed by atoms with E-state index in [0.29, 0.717) is 0 Å². The van der Waals surface area contributed by atoms with Crippen LogP contribution in [0.5, 0.6) is 0 Å². The summed E-state index contributed by atoms with van der Waals surface area (Å²) in [7, 11) is 0. The van der Waals surface area contributed by atoms with E-state index in [1.165, 1.54) is 29.1 Å². The van der Waals surface area contributed by atoms with E-state index in [2.05, 4.69) is 5.10 Å². The van der Waals surface area contributed by atoms with Crippen LogP contribution in [0, 0.1) is 28.5 Å². The van der Waals surface area contributed by atoms with Gasteiger partial charge in [0.05, 0.1) is 11.9 Å². The first kappa shape index (κ1) is 10.7. The van der Waals surface area contributed by atoms with E-state index in [-0.39, 0.29) is 22.6 Å². The fourth-order valence-corrected chi connectivity index (χ4v) is 1.44. The highest BCUT2D eigenvalue weighted by molar-refractivity contribution is 5.57. The molecule has 17 heavy (non-hydrogen) atoms. The number of aromatic nitrogens is 2. The lowest BCUT2D eigenvalue weighted by atomic mass is 10.2. The smallest absolute Gasteiger partial charge is 0.145 e. The molecule has 0 saturated carbocycles. The highest BCUT2D eigenvalue weighted by Crippen LogP contribution is 2.21. The molecule has 1 aromatic carbocycles. The number of nitrogens with zero attached hydrogens (tertiary/aromatic N) is 4. The summed E-state index contributed by atoms with van der Waals surface area (Å²) in [6.07, 6.45) is 1.27. The Balaban J connectivity index is 2.71. The van der Waals surface area contributed by atoms with Gasteiger partial charge in [0.25, 0.3) is 0 Å². The number of nitrogen functional groups attached to an aromatic ring is 1. The third kappa shape index (κ3) is 1.58. The van der Waals surface area contributed by atoms with Crippen molar-refractivity contribution in [2.75, 3.05) is 5.73 Å². The zero-order valence-electron chi connectivity index (χ0n) is 8.55. The van der Waals surface area contributed by atoms with Crippen LogP contribution in [0.3, 0.4) is 0 Å². The summed E-state index contributed by atoms with van der Waals surface area (Å²) in [6, 6.07) is 7.72. The first-order valence-corrected chi connectivity index (χ1v) is 4.61. The van der Waals surface area contributed by atoms with Crippen molar-refractivity contribution in [3.63, 3.8) is 0 Å². The number of rotatable bonds is 1. The molecule has 0 aliphatic carbocycles. The van der Waals surface area contributed by atoms with E-state index in [0.717, 1.165) is 0 Å². The van der Waals surface area contributed by atoms with Gasteiger partial charge in [-0.2, -0.15) is 15.6 Å². The van der Waals surface area contributed by atoms with Crippen LogP contribution in [-0.4, -0.2) is 9.78 Å². The molecule has 0 aliphatic heterocycles. The summed E-state index contributed by atoms with van der Waals surface area (Å²) in [5, 5.41) is 21.5. The van der Waals surface area contributed by atoms with Crippen molar-refractivity contribution in [1.82, 2.24) is 9.78 Å². The summed E-state index contributed by atoms with van der Waals surface area (Å²) < 4.78 is 14.6. The first-order valence-electron chi connectivity index (χ1n) is 4.61. The third-order valence-corrected chi connectivity index (χ3v) is 2.26. The molecule has 1 heterocycles. The minimum absolute atomic E-state index is 0.0783. The predicted molar refractivity (Wildman–Crippen MR) is 57.4 cm³/mol. The van der Waals surface area contributed by atoms with Crippen LogP contribution in [-0.2, 0) is 0 Å². The Morgan fingerprint density at radius 3 is 2.65 bits per heavy atom. The first-order chi connectivity index (χ1) is 8.19. The molecule has 0 spiro atoms. The molecule has 0 saturated heterocycles. The van der Waals surface area contributed by atoms with Crippen LogP contribution >= 0.6 is 0 Å². The van der Waals surface area contributed by atoms with Crippen molar-refractivity contribution in [1.29, 1.82) is 10.5 Å².